The fourth-order valence-corrected chi connectivity index (χ4v) is 0.957. The molecule has 0 spiro atoms. The summed E-state index contributed by atoms with van der Waals surface area (Å²) in [7, 11) is 0. The first-order chi connectivity index (χ1) is 7.40. The van der Waals surface area contributed by atoms with E-state index in [0.717, 1.165) is 0 Å². The number of rotatable bonds is 4. The second kappa shape index (κ2) is 4.82. The molecular weight excluding hydrogens is 225 g/mol. The maximum Gasteiger partial charge on any atom is 0.392 e. The first kappa shape index (κ1) is 12.3. The van der Waals surface area contributed by atoms with Crippen LogP contribution in [0.3, 0.4) is 0 Å². The van der Waals surface area contributed by atoms with E-state index in [4.69, 9.17) is 10.5 Å². The summed E-state index contributed by atoms with van der Waals surface area (Å²) in [5.41, 5.74) is 4.95. The Bertz CT molecular complexity index is 379. The molecule has 1 aromatic heterocycles. The third-order valence-electron chi connectivity index (χ3n) is 1.66. The van der Waals surface area contributed by atoms with Gasteiger partial charge in [-0.1, -0.05) is 0 Å². The summed E-state index contributed by atoms with van der Waals surface area (Å²) < 4.78 is 40.2. The Kier molecular flexibility index (Phi) is 3.70. The molecule has 0 aromatic carbocycles. The van der Waals surface area contributed by atoms with E-state index in [0.29, 0.717) is 0 Å². The van der Waals surface area contributed by atoms with Gasteiger partial charge in [0.1, 0.15) is 5.56 Å². The molecule has 1 amide bonds. The highest BCUT2D eigenvalue weighted by atomic mass is 19.4. The van der Waals surface area contributed by atoms with Crippen LogP contribution in [0.2, 0.25) is 0 Å². The van der Waals surface area contributed by atoms with E-state index in [1.54, 1.807) is 0 Å². The molecule has 1 rings (SSSR count). The lowest BCUT2D eigenvalue weighted by Gasteiger charge is -2.09. The lowest BCUT2D eigenvalue weighted by atomic mass is 10.2. The topological polar surface area (TPSA) is 65.2 Å². The zero-order chi connectivity index (χ0) is 12.2. The van der Waals surface area contributed by atoms with Crippen LogP contribution in [0.1, 0.15) is 16.8 Å². The van der Waals surface area contributed by atoms with E-state index >= 15 is 0 Å². The molecule has 0 radical (unpaired) electrons. The van der Waals surface area contributed by atoms with Gasteiger partial charge in [0.2, 0.25) is 5.88 Å². The first-order valence-electron chi connectivity index (χ1n) is 4.34. The molecule has 4 nitrogen and oxygen atoms in total. The van der Waals surface area contributed by atoms with Crippen molar-refractivity contribution < 1.29 is 22.7 Å². The van der Waals surface area contributed by atoms with E-state index in [-0.39, 0.29) is 11.4 Å². The molecule has 0 saturated carbocycles. The zero-order valence-electron chi connectivity index (χ0n) is 8.12. The van der Waals surface area contributed by atoms with Crippen molar-refractivity contribution in [3.63, 3.8) is 0 Å². The third kappa shape index (κ3) is 3.76. The number of carbonyl (C=O) groups is 1. The molecule has 0 aliphatic carbocycles. The highest BCUT2D eigenvalue weighted by Crippen LogP contribution is 2.20. The monoisotopic (exact) mass is 234 g/mol. The van der Waals surface area contributed by atoms with Gasteiger partial charge in [0.25, 0.3) is 5.91 Å². The Morgan fingerprint density at radius 2 is 2.19 bits per heavy atom. The van der Waals surface area contributed by atoms with Gasteiger partial charge in [-0.3, -0.25) is 4.79 Å². The average molecular weight is 234 g/mol. The number of ether oxygens (including phenoxy) is 1. The van der Waals surface area contributed by atoms with Crippen molar-refractivity contribution in [3.8, 4) is 5.88 Å². The summed E-state index contributed by atoms with van der Waals surface area (Å²) in [6.45, 7) is -0.596. The molecular formula is C9H9F3N2O2. The first-order valence-corrected chi connectivity index (χ1v) is 4.34. The van der Waals surface area contributed by atoms with Gasteiger partial charge in [0.05, 0.1) is 13.0 Å². The number of hydrogen-bond donors (Lipinski definition) is 1. The zero-order valence-corrected chi connectivity index (χ0v) is 8.12. The maximum atomic E-state index is 11.8. The Morgan fingerprint density at radius 1 is 1.50 bits per heavy atom. The van der Waals surface area contributed by atoms with Crippen molar-refractivity contribution in [2.24, 2.45) is 5.73 Å². The molecule has 2 N–H and O–H groups in total. The fraction of sp³-hybridized carbons (Fsp3) is 0.333. The minimum Gasteiger partial charge on any atom is -0.477 e. The second-order valence-corrected chi connectivity index (χ2v) is 2.93. The molecule has 0 saturated heterocycles. The Labute approximate surface area is 89.2 Å². The number of amides is 1. The fourth-order valence-electron chi connectivity index (χ4n) is 0.957. The molecule has 7 heteroatoms. The summed E-state index contributed by atoms with van der Waals surface area (Å²) in [5.74, 6) is -0.977. The summed E-state index contributed by atoms with van der Waals surface area (Å²) in [6.07, 6.45) is -4.11. The van der Waals surface area contributed by atoms with Gasteiger partial charge >= 0.3 is 6.18 Å². The standard InChI is InChI=1S/C9H9F3N2O2/c10-9(11,12)3-5-16-8-6(7(13)15)2-1-4-14-8/h1-2,4H,3,5H2,(H2,13,15). The van der Waals surface area contributed by atoms with Crippen LogP contribution >= 0.6 is 0 Å². The molecule has 16 heavy (non-hydrogen) atoms. The second-order valence-electron chi connectivity index (χ2n) is 2.93. The minimum absolute atomic E-state index is 0.0373. The number of nitrogens with zero attached hydrogens (tertiary/aromatic N) is 1. The Balaban J connectivity index is 2.64. The predicted octanol–water partition coefficient (Wildman–Crippen LogP) is 1.51. The van der Waals surface area contributed by atoms with Crippen LogP contribution in [0.5, 0.6) is 5.88 Å². The predicted molar refractivity (Wildman–Crippen MR) is 48.9 cm³/mol. The van der Waals surface area contributed by atoms with E-state index in [9.17, 15) is 18.0 Å². The largest absolute Gasteiger partial charge is 0.477 e. The van der Waals surface area contributed by atoms with E-state index in [1.807, 2.05) is 0 Å². The summed E-state index contributed by atoms with van der Waals surface area (Å²) in [5, 5.41) is 0. The number of carbonyl (C=O) groups excluding carboxylic acids is 1. The number of pyridine rings is 1. The average Bonchev–Trinajstić information content (AvgIpc) is 2.16. The molecule has 0 unspecified atom stereocenters. The maximum absolute atomic E-state index is 11.8. The van der Waals surface area contributed by atoms with Gasteiger partial charge < -0.3 is 10.5 Å². The normalized spacial score (nSPS) is 11.2. The van der Waals surface area contributed by atoms with E-state index in [2.05, 4.69) is 4.98 Å². The van der Waals surface area contributed by atoms with Gasteiger partial charge in [-0.15, -0.1) is 0 Å². The highest BCUT2D eigenvalue weighted by molar-refractivity contribution is 5.94. The Hall–Kier alpha value is -1.79. The van der Waals surface area contributed by atoms with Crippen molar-refractivity contribution in [1.29, 1.82) is 0 Å². The van der Waals surface area contributed by atoms with Gasteiger partial charge in [0.15, 0.2) is 0 Å². The summed E-state index contributed by atoms with van der Waals surface area (Å²) >= 11 is 0. The van der Waals surface area contributed by atoms with Gasteiger partial charge in [-0.05, 0) is 12.1 Å². The number of primary amides is 1. The van der Waals surface area contributed by atoms with Crippen molar-refractivity contribution in [1.82, 2.24) is 4.98 Å². The quantitative estimate of drug-likeness (QED) is 0.858. The summed E-state index contributed by atoms with van der Waals surface area (Å²) in [4.78, 5) is 14.5. The number of alkyl halides is 3. The van der Waals surface area contributed by atoms with Crippen LogP contribution in [0.15, 0.2) is 18.3 Å². The minimum atomic E-state index is -4.30. The number of halogens is 3. The van der Waals surface area contributed by atoms with Crippen molar-refractivity contribution in [2.45, 2.75) is 12.6 Å². The number of nitrogens with two attached hydrogens (primary N) is 1. The lowest BCUT2D eigenvalue weighted by Crippen LogP contribution is -2.17. The van der Waals surface area contributed by atoms with Crippen molar-refractivity contribution in [2.75, 3.05) is 6.61 Å². The van der Waals surface area contributed by atoms with Crippen LogP contribution in [-0.4, -0.2) is 23.7 Å². The van der Waals surface area contributed by atoms with Crippen LogP contribution in [-0.2, 0) is 0 Å². The van der Waals surface area contributed by atoms with Crippen molar-refractivity contribution in [3.05, 3.63) is 23.9 Å². The molecule has 1 heterocycles. The summed E-state index contributed by atoms with van der Waals surface area (Å²) in [6, 6.07) is 2.77. The molecule has 0 atom stereocenters. The van der Waals surface area contributed by atoms with Crippen LogP contribution < -0.4 is 10.5 Å². The van der Waals surface area contributed by atoms with Gasteiger partial charge in [-0.2, -0.15) is 13.2 Å². The van der Waals surface area contributed by atoms with Crippen LogP contribution in [0.4, 0.5) is 13.2 Å². The van der Waals surface area contributed by atoms with Gasteiger partial charge in [-0.25, -0.2) is 4.98 Å². The highest BCUT2D eigenvalue weighted by Gasteiger charge is 2.27. The van der Waals surface area contributed by atoms with E-state index < -0.39 is 25.1 Å². The Morgan fingerprint density at radius 3 is 2.75 bits per heavy atom. The molecule has 0 fully saturated rings. The molecule has 1 aromatic rings. The van der Waals surface area contributed by atoms with Crippen LogP contribution in [0, 0.1) is 0 Å². The van der Waals surface area contributed by atoms with Gasteiger partial charge in [0, 0.05) is 6.20 Å². The third-order valence-corrected chi connectivity index (χ3v) is 1.66. The smallest absolute Gasteiger partial charge is 0.392 e. The SMILES string of the molecule is NC(=O)c1cccnc1OCCC(F)(F)F. The van der Waals surface area contributed by atoms with Crippen molar-refractivity contribution >= 4 is 5.91 Å². The molecule has 0 bridgehead atoms. The number of hydrogen-bond acceptors (Lipinski definition) is 3. The molecule has 0 aliphatic rings. The lowest BCUT2D eigenvalue weighted by molar-refractivity contribution is -0.139. The van der Waals surface area contributed by atoms with Crippen LogP contribution in [0.25, 0.3) is 0 Å². The molecule has 88 valence electrons. The molecule has 0 aliphatic heterocycles. The number of aromatic nitrogens is 1. The van der Waals surface area contributed by atoms with E-state index in [1.165, 1.54) is 18.3 Å².